The van der Waals surface area contributed by atoms with E-state index in [1.165, 1.54) is 36.0 Å². The summed E-state index contributed by atoms with van der Waals surface area (Å²) >= 11 is 1.31. The van der Waals surface area contributed by atoms with Gasteiger partial charge in [-0.15, -0.1) is 11.8 Å². The van der Waals surface area contributed by atoms with Crippen molar-refractivity contribution in [2.45, 2.75) is 10.1 Å². The average molecular weight is 630 g/mol. The van der Waals surface area contributed by atoms with Crippen LogP contribution in [-0.2, 0) is 9.59 Å². The van der Waals surface area contributed by atoms with Gasteiger partial charge in [0.1, 0.15) is 10.9 Å². The van der Waals surface area contributed by atoms with E-state index in [1.807, 2.05) is 30.3 Å². The molecule has 3 N–H and O–H groups in total. The summed E-state index contributed by atoms with van der Waals surface area (Å²) in [5.74, 6) is -1.27. The molecule has 3 amide bonds. The Morgan fingerprint density at radius 3 is 2.02 bits per heavy atom. The fourth-order valence-corrected chi connectivity index (χ4v) is 5.32. The van der Waals surface area contributed by atoms with Gasteiger partial charge in [0.25, 0.3) is 17.5 Å². The van der Waals surface area contributed by atoms with Gasteiger partial charge in [-0.05, 0) is 71.8 Å². The number of carbonyl (C=O) groups excluding carboxylic acids is 3. The van der Waals surface area contributed by atoms with Gasteiger partial charge in [-0.1, -0.05) is 54.6 Å². The van der Waals surface area contributed by atoms with Crippen LogP contribution in [0.15, 0.2) is 144 Å². The van der Waals surface area contributed by atoms with Gasteiger partial charge in [0.2, 0.25) is 5.91 Å². The highest BCUT2D eigenvalue weighted by Gasteiger charge is 2.23. The fourth-order valence-electron chi connectivity index (χ4n) is 4.30. The summed E-state index contributed by atoms with van der Waals surface area (Å²) in [4.78, 5) is 54.9. The Morgan fingerprint density at radius 2 is 1.39 bits per heavy atom. The van der Waals surface area contributed by atoms with Crippen molar-refractivity contribution in [1.82, 2.24) is 10.3 Å². The summed E-state index contributed by atoms with van der Waals surface area (Å²) in [7, 11) is 0. The molecule has 46 heavy (non-hydrogen) atoms. The van der Waals surface area contributed by atoms with E-state index in [0.717, 1.165) is 10.5 Å². The number of hydrogen-bond acceptors (Lipinski definition) is 7. The molecule has 0 saturated carbocycles. The molecular formula is C35H27N5O5S. The lowest BCUT2D eigenvalue weighted by atomic mass is 10.1. The number of aromatic nitrogens is 1. The number of carbonyl (C=O) groups is 3. The Morgan fingerprint density at radius 1 is 0.761 bits per heavy atom. The van der Waals surface area contributed by atoms with Gasteiger partial charge < -0.3 is 16.0 Å². The molecule has 1 aromatic heterocycles. The molecule has 0 saturated heterocycles. The molecule has 4 aromatic carbocycles. The van der Waals surface area contributed by atoms with Crippen molar-refractivity contribution in [3.63, 3.8) is 0 Å². The molecule has 0 aliphatic heterocycles. The lowest BCUT2D eigenvalue weighted by Gasteiger charge is -2.17. The lowest BCUT2D eigenvalue weighted by molar-refractivity contribution is -0.384. The third-order valence-corrected chi connectivity index (χ3v) is 7.84. The molecule has 228 valence electrons. The number of nitro benzene ring substituents is 1. The predicted octanol–water partition coefficient (Wildman–Crippen LogP) is 6.87. The Balaban J connectivity index is 1.30. The number of nitro groups is 1. The summed E-state index contributed by atoms with van der Waals surface area (Å²) in [6.07, 6.45) is 4.73. The van der Waals surface area contributed by atoms with Crippen molar-refractivity contribution >= 4 is 52.6 Å². The average Bonchev–Trinajstić information content (AvgIpc) is 3.09. The molecule has 5 rings (SSSR count). The number of anilines is 2. The zero-order valence-electron chi connectivity index (χ0n) is 24.2. The van der Waals surface area contributed by atoms with Crippen molar-refractivity contribution in [2.24, 2.45) is 0 Å². The van der Waals surface area contributed by atoms with E-state index in [-0.39, 0.29) is 17.3 Å². The van der Waals surface area contributed by atoms with Crippen LogP contribution in [0.1, 0.15) is 26.7 Å². The van der Waals surface area contributed by atoms with Crippen LogP contribution in [0.4, 0.5) is 17.1 Å². The van der Waals surface area contributed by atoms with E-state index >= 15 is 0 Å². The fraction of sp³-hybridized carbons (Fsp3) is 0.0286. The monoisotopic (exact) mass is 629 g/mol. The molecule has 0 radical (unpaired) electrons. The molecule has 1 atom stereocenters. The van der Waals surface area contributed by atoms with Crippen LogP contribution < -0.4 is 16.0 Å². The minimum Gasteiger partial charge on any atom is -0.325 e. The maximum Gasteiger partial charge on any atom is 0.272 e. The van der Waals surface area contributed by atoms with Gasteiger partial charge in [-0.3, -0.25) is 29.5 Å². The molecule has 0 bridgehead atoms. The van der Waals surface area contributed by atoms with Crippen LogP contribution in [-0.4, -0.2) is 27.6 Å². The van der Waals surface area contributed by atoms with Crippen molar-refractivity contribution in [2.75, 3.05) is 10.6 Å². The second-order valence-electron chi connectivity index (χ2n) is 9.84. The Labute approximate surface area is 268 Å². The number of benzene rings is 4. The lowest BCUT2D eigenvalue weighted by Crippen LogP contribution is -2.30. The van der Waals surface area contributed by atoms with Crippen molar-refractivity contribution < 1.29 is 19.3 Å². The van der Waals surface area contributed by atoms with E-state index in [4.69, 9.17) is 0 Å². The first-order valence-corrected chi connectivity index (χ1v) is 14.9. The van der Waals surface area contributed by atoms with Crippen molar-refractivity contribution in [1.29, 1.82) is 0 Å². The molecule has 0 aliphatic rings. The first-order valence-electron chi connectivity index (χ1n) is 14.0. The highest BCUT2D eigenvalue weighted by molar-refractivity contribution is 8.00. The zero-order chi connectivity index (χ0) is 32.3. The molecule has 1 heterocycles. The third kappa shape index (κ3) is 8.52. The van der Waals surface area contributed by atoms with E-state index < -0.39 is 22.0 Å². The van der Waals surface area contributed by atoms with Gasteiger partial charge in [0.05, 0.1) is 4.92 Å². The number of nitrogens with zero attached hydrogens (tertiary/aromatic N) is 2. The highest BCUT2D eigenvalue weighted by atomic mass is 32.2. The molecule has 10 nitrogen and oxygen atoms in total. The number of hydrogen-bond donors (Lipinski definition) is 3. The molecule has 1 unspecified atom stereocenters. The van der Waals surface area contributed by atoms with Gasteiger partial charge >= 0.3 is 0 Å². The van der Waals surface area contributed by atoms with Crippen molar-refractivity contribution in [3.05, 3.63) is 166 Å². The van der Waals surface area contributed by atoms with E-state index in [9.17, 15) is 24.5 Å². The SMILES string of the molecule is O=C(Nc1ccc(SC(C(=O)Nc2ccc([N+](=O)[O-])cc2)c2ccccc2)cc1)/C(=C/c1cccnc1)NC(=O)c1ccccc1. The molecular weight excluding hydrogens is 602 g/mol. The molecule has 11 heteroatoms. The Bertz CT molecular complexity index is 1850. The summed E-state index contributed by atoms with van der Waals surface area (Å²) in [5.41, 5.74) is 2.68. The van der Waals surface area contributed by atoms with Gasteiger partial charge in [0, 0.05) is 46.4 Å². The quantitative estimate of drug-likeness (QED) is 0.0626. The van der Waals surface area contributed by atoms with E-state index in [1.54, 1.807) is 85.2 Å². The first-order chi connectivity index (χ1) is 22.4. The third-order valence-electron chi connectivity index (χ3n) is 6.58. The molecule has 0 aliphatic carbocycles. The van der Waals surface area contributed by atoms with Gasteiger partial charge in [-0.25, -0.2) is 0 Å². The number of thioether (sulfide) groups is 1. The van der Waals surface area contributed by atoms with Crippen LogP contribution in [0.2, 0.25) is 0 Å². The largest absolute Gasteiger partial charge is 0.325 e. The predicted molar refractivity (Wildman–Crippen MR) is 178 cm³/mol. The number of pyridine rings is 1. The maximum atomic E-state index is 13.4. The summed E-state index contributed by atoms with van der Waals surface area (Å²) in [6.45, 7) is 0. The zero-order valence-corrected chi connectivity index (χ0v) is 25.0. The Kier molecular flexibility index (Phi) is 10.3. The van der Waals surface area contributed by atoms with Crippen LogP contribution in [0.25, 0.3) is 6.08 Å². The van der Waals surface area contributed by atoms with Crippen LogP contribution >= 0.6 is 11.8 Å². The van der Waals surface area contributed by atoms with Crippen LogP contribution in [0, 0.1) is 10.1 Å². The Hall–Kier alpha value is -6.07. The number of amides is 3. The summed E-state index contributed by atoms with van der Waals surface area (Å²) < 4.78 is 0. The highest BCUT2D eigenvalue weighted by Crippen LogP contribution is 2.37. The second-order valence-corrected chi connectivity index (χ2v) is 11.0. The minimum absolute atomic E-state index is 0.0346. The van der Waals surface area contributed by atoms with Gasteiger partial charge in [-0.2, -0.15) is 0 Å². The number of rotatable bonds is 11. The molecule has 0 spiro atoms. The second kappa shape index (κ2) is 15.1. The van der Waals surface area contributed by atoms with E-state index in [2.05, 4.69) is 20.9 Å². The first kappa shape index (κ1) is 31.4. The molecule has 5 aromatic rings. The number of nitrogens with one attached hydrogen (secondary N) is 3. The topological polar surface area (TPSA) is 143 Å². The van der Waals surface area contributed by atoms with Crippen LogP contribution in [0.5, 0.6) is 0 Å². The van der Waals surface area contributed by atoms with Gasteiger partial charge in [0.15, 0.2) is 0 Å². The van der Waals surface area contributed by atoms with Crippen LogP contribution in [0.3, 0.4) is 0 Å². The minimum atomic E-state index is -0.640. The van der Waals surface area contributed by atoms with Crippen molar-refractivity contribution in [3.8, 4) is 0 Å². The normalized spacial score (nSPS) is 11.6. The smallest absolute Gasteiger partial charge is 0.272 e. The number of non-ortho nitro benzene ring substituents is 1. The summed E-state index contributed by atoms with van der Waals surface area (Å²) in [5, 5.41) is 18.7. The molecule has 0 fully saturated rings. The standard InChI is InChI=1S/C35H27N5O5S/c41-33(26-11-5-2-6-12-26)39-31(22-24-8-7-21-36-23-24)34(42)37-28-15-19-30(20-16-28)46-32(25-9-3-1-4-10-25)35(43)38-27-13-17-29(18-14-27)40(44)45/h1-23,32H,(H,37,42)(H,38,43)(H,39,41)/b31-22-. The maximum absolute atomic E-state index is 13.4. The van der Waals surface area contributed by atoms with E-state index in [0.29, 0.717) is 22.5 Å². The summed E-state index contributed by atoms with van der Waals surface area (Å²) in [6, 6.07) is 33.9.